The van der Waals surface area contributed by atoms with Crippen molar-refractivity contribution in [3.63, 3.8) is 0 Å². The number of nitro groups is 2. The van der Waals surface area contributed by atoms with Crippen molar-refractivity contribution in [2.24, 2.45) is 0 Å². The molecule has 1 amide bonds. The molecule has 0 saturated carbocycles. The molecular formula is C20H10F5N3O5S. The summed E-state index contributed by atoms with van der Waals surface area (Å²) in [5, 5.41) is 24.4. The van der Waals surface area contributed by atoms with Crippen molar-refractivity contribution < 1.29 is 36.6 Å². The zero-order valence-electron chi connectivity index (χ0n) is 16.4. The van der Waals surface area contributed by atoms with E-state index in [-0.39, 0.29) is 15.5 Å². The van der Waals surface area contributed by atoms with Gasteiger partial charge in [-0.3, -0.25) is 25.0 Å². The van der Waals surface area contributed by atoms with Gasteiger partial charge in [0.2, 0.25) is 5.82 Å². The summed E-state index contributed by atoms with van der Waals surface area (Å²) < 4.78 is 67.2. The van der Waals surface area contributed by atoms with E-state index in [1.54, 1.807) is 0 Å². The molecule has 0 heterocycles. The molecule has 0 aliphatic rings. The van der Waals surface area contributed by atoms with Crippen molar-refractivity contribution in [1.29, 1.82) is 0 Å². The Balaban J connectivity index is 1.97. The number of hydrogen-bond donors (Lipinski definition) is 1. The summed E-state index contributed by atoms with van der Waals surface area (Å²) in [7, 11) is 0. The van der Waals surface area contributed by atoms with Crippen LogP contribution in [-0.4, -0.2) is 15.8 Å². The Bertz CT molecular complexity index is 1320. The fourth-order valence-electron chi connectivity index (χ4n) is 2.78. The zero-order chi connectivity index (χ0) is 25.2. The second-order valence-corrected chi connectivity index (χ2v) is 7.59. The molecule has 0 radical (unpaired) electrons. The maximum Gasteiger partial charge on any atom is 0.416 e. The van der Waals surface area contributed by atoms with E-state index in [4.69, 9.17) is 0 Å². The van der Waals surface area contributed by atoms with Crippen LogP contribution < -0.4 is 5.32 Å². The molecule has 0 unspecified atom stereocenters. The highest BCUT2D eigenvalue weighted by atomic mass is 32.2. The number of anilines is 1. The molecule has 0 aliphatic heterocycles. The van der Waals surface area contributed by atoms with Crippen LogP contribution in [0.5, 0.6) is 0 Å². The van der Waals surface area contributed by atoms with Gasteiger partial charge >= 0.3 is 11.9 Å². The molecule has 0 aliphatic carbocycles. The number of para-hydroxylation sites is 1. The average molecular weight is 499 g/mol. The summed E-state index contributed by atoms with van der Waals surface area (Å²) in [6.07, 6.45) is -4.81. The minimum absolute atomic E-state index is 0.0879. The van der Waals surface area contributed by atoms with E-state index in [9.17, 15) is 47.0 Å². The van der Waals surface area contributed by atoms with Crippen molar-refractivity contribution >= 4 is 34.7 Å². The first-order valence-corrected chi connectivity index (χ1v) is 9.78. The average Bonchev–Trinajstić information content (AvgIpc) is 2.74. The first-order valence-electron chi connectivity index (χ1n) is 8.96. The van der Waals surface area contributed by atoms with Gasteiger partial charge in [-0.05, 0) is 30.3 Å². The smallest absolute Gasteiger partial charge is 0.321 e. The molecule has 3 aromatic rings. The summed E-state index contributed by atoms with van der Waals surface area (Å²) in [5.74, 6) is -4.45. The van der Waals surface area contributed by atoms with E-state index in [2.05, 4.69) is 5.32 Å². The van der Waals surface area contributed by atoms with Crippen LogP contribution in [0.2, 0.25) is 0 Å². The summed E-state index contributed by atoms with van der Waals surface area (Å²) in [5.41, 5.74) is -4.54. The van der Waals surface area contributed by atoms with E-state index >= 15 is 0 Å². The fraction of sp³-hybridized carbons (Fsp3) is 0.0500. The highest BCUT2D eigenvalue weighted by molar-refractivity contribution is 7.99. The number of benzene rings is 3. The number of nitro benzene ring substituents is 2. The van der Waals surface area contributed by atoms with Crippen LogP contribution in [0.4, 0.5) is 39.0 Å². The van der Waals surface area contributed by atoms with Crippen molar-refractivity contribution in [2.45, 2.75) is 16.0 Å². The predicted molar refractivity (Wildman–Crippen MR) is 110 cm³/mol. The lowest BCUT2D eigenvalue weighted by Gasteiger charge is -2.13. The third-order valence-electron chi connectivity index (χ3n) is 4.33. The molecule has 0 saturated heterocycles. The Morgan fingerprint density at radius 3 is 2.15 bits per heavy atom. The molecule has 0 atom stereocenters. The largest absolute Gasteiger partial charge is 0.416 e. The van der Waals surface area contributed by atoms with Crippen LogP contribution in [-0.2, 0) is 6.18 Å². The quantitative estimate of drug-likeness (QED) is 0.245. The molecule has 1 N–H and O–H groups in total. The van der Waals surface area contributed by atoms with Gasteiger partial charge in [0.15, 0.2) is 0 Å². The Labute approximate surface area is 190 Å². The van der Waals surface area contributed by atoms with Crippen LogP contribution in [0.15, 0.2) is 64.4 Å². The van der Waals surface area contributed by atoms with E-state index in [1.807, 2.05) is 0 Å². The van der Waals surface area contributed by atoms with E-state index in [1.165, 1.54) is 24.3 Å². The fourth-order valence-corrected chi connectivity index (χ4v) is 3.76. The molecule has 176 valence electrons. The Hall–Kier alpha value is -4.07. The number of rotatable bonds is 6. The molecule has 0 aromatic heterocycles. The lowest BCUT2D eigenvalue weighted by molar-refractivity contribution is -0.388. The summed E-state index contributed by atoms with van der Waals surface area (Å²) in [4.78, 5) is 32.4. The van der Waals surface area contributed by atoms with Gasteiger partial charge in [0.1, 0.15) is 11.4 Å². The third kappa shape index (κ3) is 5.11. The maximum atomic E-state index is 14.3. The highest BCUT2D eigenvalue weighted by Gasteiger charge is 2.33. The van der Waals surface area contributed by atoms with Gasteiger partial charge in [-0.1, -0.05) is 23.9 Å². The van der Waals surface area contributed by atoms with Gasteiger partial charge in [0, 0.05) is 17.0 Å². The lowest BCUT2D eigenvalue weighted by atomic mass is 10.1. The van der Waals surface area contributed by atoms with E-state index in [0.29, 0.717) is 36.0 Å². The number of nitrogens with one attached hydrogen (secondary N) is 1. The first kappa shape index (κ1) is 24.6. The van der Waals surface area contributed by atoms with Crippen molar-refractivity contribution in [2.75, 3.05) is 5.32 Å². The zero-order valence-corrected chi connectivity index (χ0v) is 17.2. The number of amides is 1. The second kappa shape index (κ2) is 9.43. The number of halogens is 5. The highest BCUT2D eigenvalue weighted by Crippen LogP contribution is 2.41. The van der Waals surface area contributed by atoms with E-state index in [0.717, 1.165) is 6.07 Å². The van der Waals surface area contributed by atoms with Crippen molar-refractivity contribution in [3.8, 4) is 0 Å². The topological polar surface area (TPSA) is 115 Å². The number of carbonyl (C=O) groups is 1. The Morgan fingerprint density at radius 1 is 0.882 bits per heavy atom. The summed E-state index contributed by atoms with van der Waals surface area (Å²) in [6.45, 7) is 0. The van der Waals surface area contributed by atoms with Gasteiger partial charge in [-0.25, -0.2) is 4.39 Å². The number of nitrogens with zero attached hydrogens (tertiary/aromatic N) is 2. The van der Waals surface area contributed by atoms with Crippen molar-refractivity contribution in [1.82, 2.24) is 0 Å². The normalized spacial score (nSPS) is 11.2. The van der Waals surface area contributed by atoms with Gasteiger partial charge in [0.25, 0.3) is 11.6 Å². The van der Waals surface area contributed by atoms with Crippen LogP contribution in [0.3, 0.4) is 0 Å². The van der Waals surface area contributed by atoms with Crippen LogP contribution in [0, 0.1) is 31.9 Å². The van der Waals surface area contributed by atoms with E-state index < -0.39 is 56.1 Å². The van der Waals surface area contributed by atoms with Crippen LogP contribution in [0.25, 0.3) is 0 Å². The summed E-state index contributed by atoms with van der Waals surface area (Å²) >= 11 is 0.623. The second-order valence-electron chi connectivity index (χ2n) is 6.50. The first-order chi connectivity index (χ1) is 15.9. The molecule has 3 rings (SSSR count). The summed E-state index contributed by atoms with van der Waals surface area (Å²) in [6, 6.07) is 8.44. The molecule has 8 nitrogen and oxygen atoms in total. The van der Waals surface area contributed by atoms with Crippen molar-refractivity contribution in [3.05, 3.63) is 97.6 Å². The minimum atomic E-state index is -4.81. The molecule has 0 spiro atoms. The predicted octanol–water partition coefficient (Wildman–Crippen LogP) is 6.20. The third-order valence-corrected chi connectivity index (χ3v) is 5.47. The monoisotopic (exact) mass is 499 g/mol. The number of carbonyl (C=O) groups excluding carboxylic acids is 1. The lowest BCUT2D eigenvalue weighted by Crippen LogP contribution is -2.17. The Kier molecular flexibility index (Phi) is 6.81. The molecular weight excluding hydrogens is 489 g/mol. The SMILES string of the molecule is O=C(Nc1ccccc1Sc1ccc(C(F)(F)F)cc1[N+](=O)[O-])c1c(F)ccc([N+](=O)[O-])c1F. The number of alkyl halides is 3. The van der Waals surface area contributed by atoms with Gasteiger partial charge < -0.3 is 5.32 Å². The van der Waals surface area contributed by atoms with Gasteiger partial charge in [-0.2, -0.15) is 17.6 Å². The molecule has 34 heavy (non-hydrogen) atoms. The molecule has 0 bridgehead atoms. The van der Waals surface area contributed by atoms with Crippen LogP contribution in [0.1, 0.15) is 15.9 Å². The van der Waals surface area contributed by atoms with Gasteiger partial charge in [0.05, 0.1) is 26.0 Å². The number of hydrogen-bond acceptors (Lipinski definition) is 6. The Morgan fingerprint density at radius 2 is 1.53 bits per heavy atom. The van der Waals surface area contributed by atoms with Gasteiger partial charge in [-0.15, -0.1) is 0 Å². The van der Waals surface area contributed by atoms with Crippen LogP contribution >= 0.6 is 11.8 Å². The maximum absolute atomic E-state index is 14.3. The molecule has 0 fully saturated rings. The molecule has 3 aromatic carbocycles. The molecule has 14 heteroatoms. The minimum Gasteiger partial charge on any atom is -0.321 e. The standard InChI is InChI=1S/C20H10F5N3O5S/c21-11-6-7-13(27(30)31)18(22)17(11)19(29)26-12-3-1-2-4-15(12)34-16-8-5-10(20(23,24)25)9-14(16)28(32)33/h1-9H,(H,26,29).